The maximum atomic E-state index is 11.6. The molecule has 9 nitrogen and oxygen atoms in total. The molecule has 1 aromatic rings. The molecule has 2 N–H and O–H groups in total. The molecule has 0 aliphatic carbocycles. The van der Waals surface area contributed by atoms with Crippen LogP contribution >= 0.6 is 0 Å². The number of aromatic nitrogens is 4. The van der Waals surface area contributed by atoms with Crippen molar-refractivity contribution in [2.75, 3.05) is 19.3 Å². The van der Waals surface area contributed by atoms with E-state index in [9.17, 15) is 13.2 Å². The zero-order chi connectivity index (χ0) is 13.2. The fraction of sp³-hybridized carbons (Fsp3) is 0.750. The van der Waals surface area contributed by atoms with Gasteiger partial charge in [0.05, 0.1) is 6.26 Å². The minimum atomic E-state index is -3.14. The van der Waals surface area contributed by atoms with E-state index in [0.29, 0.717) is 25.9 Å². The summed E-state index contributed by atoms with van der Waals surface area (Å²) in [5.41, 5.74) is 0. The molecule has 2 rings (SSSR count). The van der Waals surface area contributed by atoms with Crippen molar-refractivity contribution in [3.8, 4) is 0 Å². The van der Waals surface area contributed by atoms with Crippen LogP contribution in [0.25, 0.3) is 0 Å². The average molecular weight is 274 g/mol. The van der Waals surface area contributed by atoms with Crippen LogP contribution in [-0.2, 0) is 10.0 Å². The molecule has 1 fully saturated rings. The molecule has 0 saturated carbocycles. The smallest absolute Gasteiger partial charge is 0.293 e. The third-order valence-electron chi connectivity index (χ3n) is 2.81. The average Bonchev–Trinajstić information content (AvgIpc) is 2.82. The Hall–Kier alpha value is -1.55. The summed E-state index contributed by atoms with van der Waals surface area (Å²) in [5, 5.41) is 15.4. The van der Waals surface area contributed by atoms with Gasteiger partial charge in [-0.1, -0.05) is 0 Å². The lowest BCUT2D eigenvalue weighted by Gasteiger charge is -2.30. The molecule has 18 heavy (non-hydrogen) atoms. The predicted molar refractivity (Wildman–Crippen MR) is 61.1 cm³/mol. The van der Waals surface area contributed by atoms with Gasteiger partial charge in [0.15, 0.2) is 0 Å². The molecular formula is C8H14N6O3S. The van der Waals surface area contributed by atoms with E-state index in [4.69, 9.17) is 0 Å². The Bertz CT molecular complexity index is 505. The molecule has 0 radical (unpaired) electrons. The highest BCUT2D eigenvalue weighted by Crippen LogP contribution is 2.13. The van der Waals surface area contributed by atoms with Gasteiger partial charge in [0, 0.05) is 19.1 Å². The molecule has 1 aliphatic rings. The number of nitrogens with zero attached hydrogens (tertiary/aromatic N) is 4. The molecule has 1 aliphatic heterocycles. The maximum Gasteiger partial charge on any atom is 0.293 e. The van der Waals surface area contributed by atoms with E-state index in [-0.39, 0.29) is 11.9 Å². The van der Waals surface area contributed by atoms with Gasteiger partial charge in [-0.3, -0.25) is 4.79 Å². The van der Waals surface area contributed by atoms with Crippen LogP contribution in [-0.4, -0.2) is 64.6 Å². The molecule has 2 heterocycles. The lowest BCUT2D eigenvalue weighted by Crippen LogP contribution is -2.46. The van der Waals surface area contributed by atoms with Gasteiger partial charge in [0.25, 0.3) is 11.7 Å². The first-order chi connectivity index (χ1) is 8.47. The predicted octanol–water partition coefficient (Wildman–Crippen LogP) is -1.65. The van der Waals surface area contributed by atoms with Crippen molar-refractivity contribution in [3.63, 3.8) is 0 Å². The van der Waals surface area contributed by atoms with E-state index >= 15 is 0 Å². The Labute approximate surface area is 104 Å². The van der Waals surface area contributed by atoms with Crippen LogP contribution in [0.2, 0.25) is 0 Å². The number of aromatic amines is 1. The van der Waals surface area contributed by atoms with Crippen molar-refractivity contribution in [3.05, 3.63) is 5.82 Å². The number of amides is 1. The normalized spacial score (nSPS) is 18.7. The molecule has 100 valence electrons. The SMILES string of the molecule is CS(=O)(=O)N1CCC(NC(=O)c2nn[nH]n2)CC1. The Morgan fingerprint density at radius 3 is 2.61 bits per heavy atom. The molecule has 0 spiro atoms. The van der Waals surface area contributed by atoms with Crippen molar-refractivity contribution in [1.82, 2.24) is 30.2 Å². The van der Waals surface area contributed by atoms with Gasteiger partial charge in [0.2, 0.25) is 10.0 Å². The van der Waals surface area contributed by atoms with Crippen LogP contribution in [0.3, 0.4) is 0 Å². The van der Waals surface area contributed by atoms with Gasteiger partial charge in [0.1, 0.15) is 0 Å². The van der Waals surface area contributed by atoms with Crippen molar-refractivity contribution in [1.29, 1.82) is 0 Å². The second kappa shape index (κ2) is 4.98. The number of sulfonamides is 1. The summed E-state index contributed by atoms with van der Waals surface area (Å²) in [6.07, 6.45) is 2.35. The lowest BCUT2D eigenvalue weighted by atomic mass is 10.1. The molecule has 1 aromatic heterocycles. The van der Waals surface area contributed by atoms with E-state index in [1.165, 1.54) is 10.6 Å². The molecule has 0 atom stereocenters. The van der Waals surface area contributed by atoms with E-state index in [1.807, 2.05) is 0 Å². The Morgan fingerprint density at radius 2 is 2.11 bits per heavy atom. The van der Waals surface area contributed by atoms with Crippen LogP contribution in [0, 0.1) is 0 Å². The van der Waals surface area contributed by atoms with Crippen molar-refractivity contribution >= 4 is 15.9 Å². The van der Waals surface area contributed by atoms with Gasteiger partial charge in [-0.2, -0.15) is 5.21 Å². The zero-order valence-corrected chi connectivity index (χ0v) is 10.6. The third-order valence-corrected chi connectivity index (χ3v) is 4.11. The summed E-state index contributed by atoms with van der Waals surface area (Å²) in [4.78, 5) is 11.6. The molecule has 0 bridgehead atoms. The number of rotatable bonds is 3. The molecule has 0 aromatic carbocycles. The number of piperidine rings is 1. The number of carbonyl (C=O) groups excluding carboxylic acids is 1. The summed E-state index contributed by atoms with van der Waals surface area (Å²) >= 11 is 0. The maximum absolute atomic E-state index is 11.6. The van der Waals surface area contributed by atoms with Crippen molar-refractivity contribution in [2.24, 2.45) is 0 Å². The minimum absolute atomic E-state index is 0.0134. The van der Waals surface area contributed by atoms with E-state index < -0.39 is 15.9 Å². The number of nitrogens with one attached hydrogen (secondary N) is 2. The zero-order valence-electron chi connectivity index (χ0n) is 9.83. The van der Waals surface area contributed by atoms with Crippen LogP contribution in [0.4, 0.5) is 0 Å². The fourth-order valence-electron chi connectivity index (χ4n) is 1.84. The highest BCUT2D eigenvalue weighted by atomic mass is 32.2. The standard InChI is InChI=1S/C8H14N6O3S/c1-18(16,17)14-4-2-6(3-5-14)9-8(15)7-10-12-13-11-7/h6H,2-5H2,1H3,(H,9,15)(H,10,11,12,13). The number of tetrazole rings is 1. The van der Waals surface area contributed by atoms with E-state index in [0.717, 1.165) is 0 Å². The Balaban J connectivity index is 1.86. The third kappa shape index (κ3) is 3.01. The Kier molecular flexibility index (Phi) is 3.57. The quantitative estimate of drug-likeness (QED) is 0.681. The summed E-state index contributed by atoms with van der Waals surface area (Å²) in [5.74, 6) is -0.415. The van der Waals surface area contributed by atoms with Crippen LogP contribution in [0.5, 0.6) is 0 Å². The van der Waals surface area contributed by atoms with Crippen LogP contribution in [0.1, 0.15) is 23.5 Å². The first-order valence-electron chi connectivity index (χ1n) is 5.46. The second-order valence-corrected chi connectivity index (χ2v) is 6.13. The van der Waals surface area contributed by atoms with Crippen molar-refractivity contribution in [2.45, 2.75) is 18.9 Å². The van der Waals surface area contributed by atoms with Crippen molar-refractivity contribution < 1.29 is 13.2 Å². The molecule has 1 amide bonds. The summed E-state index contributed by atoms with van der Waals surface area (Å²) in [6.45, 7) is 0.825. The van der Waals surface area contributed by atoms with Gasteiger partial charge >= 0.3 is 0 Å². The number of hydrogen-bond acceptors (Lipinski definition) is 6. The summed E-state index contributed by atoms with van der Waals surface area (Å²) in [6, 6.07) is -0.0611. The van der Waals surface area contributed by atoms with Gasteiger partial charge in [-0.15, -0.1) is 10.2 Å². The monoisotopic (exact) mass is 274 g/mol. The second-order valence-electron chi connectivity index (χ2n) is 4.15. The molecule has 0 unspecified atom stereocenters. The van der Waals surface area contributed by atoms with Crippen LogP contribution in [0.15, 0.2) is 0 Å². The topological polar surface area (TPSA) is 121 Å². The largest absolute Gasteiger partial charge is 0.346 e. The number of hydrogen-bond donors (Lipinski definition) is 2. The summed E-state index contributed by atoms with van der Waals surface area (Å²) < 4.78 is 24.0. The summed E-state index contributed by atoms with van der Waals surface area (Å²) in [7, 11) is -3.14. The first kappa shape index (κ1) is 12.9. The first-order valence-corrected chi connectivity index (χ1v) is 7.31. The molecule has 10 heteroatoms. The molecule has 1 saturated heterocycles. The number of carbonyl (C=O) groups is 1. The highest BCUT2D eigenvalue weighted by Gasteiger charge is 2.26. The van der Waals surface area contributed by atoms with E-state index in [2.05, 4.69) is 25.9 Å². The lowest BCUT2D eigenvalue weighted by molar-refractivity contribution is 0.0913. The van der Waals surface area contributed by atoms with Gasteiger partial charge < -0.3 is 5.32 Å². The number of H-pyrrole nitrogens is 1. The fourth-order valence-corrected chi connectivity index (χ4v) is 2.71. The van der Waals surface area contributed by atoms with E-state index in [1.54, 1.807) is 0 Å². The van der Waals surface area contributed by atoms with Crippen LogP contribution < -0.4 is 5.32 Å². The molecular weight excluding hydrogens is 260 g/mol. The highest BCUT2D eigenvalue weighted by molar-refractivity contribution is 7.88. The van der Waals surface area contributed by atoms with Gasteiger partial charge in [-0.05, 0) is 18.1 Å². The van der Waals surface area contributed by atoms with Gasteiger partial charge in [-0.25, -0.2) is 12.7 Å². The Morgan fingerprint density at radius 1 is 1.44 bits per heavy atom. The minimum Gasteiger partial charge on any atom is -0.346 e.